The van der Waals surface area contributed by atoms with E-state index >= 15 is 0 Å². The van der Waals surface area contributed by atoms with E-state index in [1.165, 1.54) is 96.4 Å². The number of hydrogen-bond donors (Lipinski definition) is 1. The summed E-state index contributed by atoms with van der Waals surface area (Å²) >= 11 is 0. The van der Waals surface area contributed by atoms with Gasteiger partial charge in [-0.05, 0) is 6.42 Å². The van der Waals surface area contributed by atoms with Crippen LogP contribution in [0, 0.1) is 0 Å². The molecule has 0 saturated heterocycles. The first kappa shape index (κ1) is 28.9. The monoisotopic (exact) mass is 411 g/mol. The van der Waals surface area contributed by atoms with Gasteiger partial charge in [0.1, 0.15) is 6.54 Å². The van der Waals surface area contributed by atoms with Crippen molar-refractivity contribution in [2.45, 2.75) is 103 Å². The maximum absolute atomic E-state index is 9.25. The molecule has 1 heterocycles. The molecule has 0 fully saturated rings. The summed E-state index contributed by atoms with van der Waals surface area (Å²) in [7, 11) is 0. The number of carboxylic acids is 1. The van der Waals surface area contributed by atoms with Crippen molar-refractivity contribution in [2.24, 2.45) is 0 Å². The SMILES string of the molecule is C=CC(=O)O.CCCCCCCCCCCCCCCC[n+]1ccccc1.[Cl-]. The van der Waals surface area contributed by atoms with Crippen molar-refractivity contribution in [2.75, 3.05) is 0 Å². The van der Waals surface area contributed by atoms with Crippen LogP contribution in [0.4, 0.5) is 0 Å². The summed E-state index contributed by atoms with van der Waals surface area (Å²) < 4.78 is 2.29. The Balaban J connectivity index is 0. The lowest BCUT2D eigenvalue weighted by Gasteiger charge is -2.02. The molecule has 0 aromatic carbocycles. The number of aliphatic carboxylic acids is 1. The molecular formula is C24H42ClNO2. The van der Waals surface area contributed by atoms with E-state index in [9.17, 15) is 4.79 Å². The second kappa shape index (κ2) is 23.7. The first-order chi connectivity index (χ1) is 13.2. The van der Waals surface area contributed by atoms with Gasteiger partial charge in [-0.2, -0.15) is 0 Å². The van der Waals surface area contributed by atoms with E-state index < -0.39 is 5.97 Å². The Morgan fingerprint density at radius 3 is 1.50 bits per heavy atom. The molecule has 0 radical (unpaired) electrons. The summed E-state index contributed by atoms with van der Waals surface area (Å²) in [5.74, 6) is -0.981. The third-order valence-electron chi connectivity index (χ3n) is 4.72. The highest BCUT2D eigenvalue weighted by atomic mass is 35.5. The van der Waals surface area contributed by atoms with Crippen molar-refractivity contribution in [1.29, 1.82) is 0 Å². The van der Waals surface area contributed by atoms with Crippen molar-refractivity contribution >= 4 is 5.97 Å². The number of aromatic nitrogens is 1. The molecule has 0 saturated carbocycles. The molecule has 162 valence electrons. The van der Waals surface area contributed by atoms with E-state index in [-0.39, 0.29) is 12.4 Å². The van der Waals surface area contributed by atoms with Crippen LogP contribution >= 0.6 is 0 Å². The van der Waals surface area contributed by atoms with E-state index in [0.29, 0.717) is 0 Å². The Hall–Kier alpha value is -1.35. The van der Waals surface area contributed by atoms with Crippen molar-refractivity contribution in [1.82, 2.24) is 0 Å². The van der Waals surface area contributed by atoms with Gasteiger partial charge in [-0.15, -0.1) is 0 Å². The van der Waals surface area contributed by atoms with Crippen LogP contribution < -0.4 is 17.0 Å². The molecule has 28 heavy (non-hydrogen) atoms. The fourth-order valence-electron chi connectivity index (χ4n) is 3.07. The minimum Gasteiger partial charge on any atom is -1.00 e. The molecule has 1 N–H and O–H groups in total. The molecule has 3 nitrogen and oxygen atoms in total. The Bertz CT molecular complexity index is 451. The quantitative estimate of drug-likeness (QED) is 0.256. The topological polar surface area (TPSA) is 41.2 Å². The molecular weight excluding hydrogens is 370 g/mol. The van der Waals surface area contributed by atoms with E-state index in [1.807, 2.05) is 0 Å². The van der Waals surface area contributed by atoms with E-state index in [2.05, 4.69) is 48.7 Å². The molecule has 0 amide bonds. The molecule has 0 aliphatic heterocycles. The van der Waals surface area contributed by atoms with Crippen LogP contribution in [0.1, 0.15) is 96.8 Å². The van der Waals surface area contributed by atoms with Gasteiger partial charge in [-0.25, -0.2) is 9.36 Å². The molecule has 0 atom stereocenters. The molecule has 0 aliphatic carbocycles. The molecule has 1 rings (SSSR count). The predicted octanol–water partition coefficient (Wildman–Crippen LogP) is 3.72. The number of unbranched alkanes of at least 4 members (excludes halogenated alkanes) is 13. The molecule has 1 aromatic heterocycles. The van der Waals surface area contributed by atoms with Gasteiger partial charge in [0.15, 0.2) is 12.4 Å². The van der Waals surface area contributed by atoms with Gasteiger partial charge >= 0.3 is 5.97 Å². The van der Waals surface area contributed by atoms with Gasteiger partial charge in [0.05, 0.1) is 0 Å². The summed E-state index contributed by atoms with van der Waals surface area (Å²) in [6.07, 6.45) is 25.3. The van der Waals surface area contributed by atoms with E-state index in [1.54, 1.807) is 0 Å². The average molecular weight is 412 g/mol. The number of pyridine rings is 1. The summed E-state index contributed by atoms with van der Waals surface area (Å²) in [5, 5.41) is 7.60. The van der Waals surface area contributed by atoms with Crippen LogP contribution in [0.2, 0.25) is 0 Å². The van der Waals surface area contributed by atoms with Crippen LogP contribution in [0.5, 0.6) is 0 Å². The van der Waals surface area contributed by atoms with Gasteiger partial charge in [-0.3, -0.25) is 0 Å². The van der Waals surface area contributed by atoms with Crippen LogP contribution in [-0.4, -0.2) is 11.1 Å². The van der Waals surface area contributed by atoms with Gasteiger partial charge in [0, 0.05) is 24.6 Å². The van der Waals surface area contributed by atoms with Crippen molar-refractivity contribution in [3.63, 3.8) is 0 Å². The lowest BCUT2D eigenvalue weighted by molar-refractivity contribution is -0.697. The zero-order valence-corrected chi connectivity index (χ0v) is 18.7. The summed E-state index contributed by atoms with van der Waals surface area (Å²) in [6, 6.07) is 6.31. The number of nitrogens with zero attached hydrogens (tertiary/aromatic N) is 1. The van der Waals surface area contributed by atoms with Gasteiger partial charge in [-0.1, -0.05) is 96.6 Å². The number of carboxylic acid groups (broad SMARTS) is 1. The average Bonchev–Trinajstić information content (AvgIpc) is 2.69. The van der Waals surface area contributed by atoms with Crippen LogP contribution in [0.25, 0.3) is 0 Å². The second-order valence-corrected chi connectivity index (χ2v) is 7.25. The Morgan fingerprint density at radius 1 is 0.786 bits per heavy atom. The Kier molecular flexibility index (Phi) is 24.4. The maximum Gasteiger partial charge on any atom is 0.327 e. The smallest absolute Gasteiger partial charge is 0.327 e. The number of carbonyl (C=O) groups is 1. The van der Waals surface area contributed by atoms with Crippen molar-refractivity contribution in [3.05, 3.63) is 43.2 Å². The standard InChI is InChI=1S/C21H38N.C3H4O2.ClH/c1-2-3-4-5-6-7-8-9-10-11-12-13-14-16-19-22-20-17-15-18-21-22;1-2-3(4)5;/h15,17-18,20-21H,2-14,16,19H2,1H3;2H,1H2,(H,4,5);1H/q+1;;/p-1. The third kappa shape index (κ3) is 22.7. The fraction of sp³-hybridized carbons (Fsp3) is 0.667. The minimum atomic E-state index is -0.981. The lowest BCUT2D eigenvalue weighted by Crippen LogP contribution is -3.00. The number of hydrogen-bond acceptors (Lipinski definition) is 1. The Morgan fingerprint density at radius 2 is 1.14 bits per heavy atom. The fourth-order valence-corrected chi connectivity index (χ4v) is 3.07. The molecule has 4 heteroatoms. The van der Waals surface area contributed by atoms with Crippen molar-refractivity contribution < 1.29 is 26.9 Å². The summed E-state index contributed by atoms with van der Waals surface area (Å²) in [5.41, 5.74) is 0. The highest BCUT2D eigenvalue weighted by Crippen LogP contribution is 2.12. The summed E-state index contributed by atoms with van der Waals surface area (Å²) in [4.78, 5) is 9.25. The molecule has 0 aliphatic rings. The van der Waals surface area contributed by atoms with Crippen molar-refractivity contribution in [3.8, 4) is 0 Å². The number of aryl methyl sites for hydroxylation is 1. The zero-order valence-electron chi connectivity index (χ0n) is 18.0. The van der Waals surface area contributed by atoms with E-state index in [0.717, 1.165) is 6.08 Å². The number of halogens is 1. The predicted molar refractivity (Wildman–Crippen MR) is 115 cm³/mol. The largest absolute Gasteiger partial charge is 1.00 e. The highest BCUT2D eigenvalue weighted by Gasteiger charge is 1.98. The molecule has 0 unspecified atom stereocenters. The maximum atomic E-state index is 9.25. The first-order valence-corrected chi connectivity index (χ1v) is 11.0. The molecule has 0 bridgehead atoms. The van der Waals surface area contributed by atoms with Gasteiger partial charge in [0.25, 0.3) is 0 Å². The Labute approximate surface area is 179 Å². The highest BCUT2D eigenvalue weighted by molar-refractivity contribution is 5.78. The normalized spacial score (nSPS) is 9.75. The van der Waals surface area contributed by atoms with Crippen LogP contribution in [-0.2, 0) is 11.3 Å². The molecule has 0 spiro atoms. The summed E-state index contributed by atoms with van der Waals surface area (Å²) in [6.45, 7) is 6.43. The zero-order chi connectivity index (χ0) is 20.0. The van der Waals surface area contributed by atoms with E-state index in [4.69, 9.17) is 5.11 Å². The lowest BCUT2D eigenvalue weighted by atomic mass is 10.0. The third-order valence-corrected chi connectivity index (χ3v) is 4.72. The van der Waals surface area contributed by atoms with Gasteiger partial charge < -0.3 is 17.5 Å². The molecule has 1 aromatic rings. The second-order valence-electron chi connectivity index (χ2n) is 7.25. The first-order valence-electron chi connectivity index (χ1n) is 11.0. The minimum absolute atomic E-state index is 0. The number of rotatable bonds is 16. The van der Waals surface area contributed by atoms with Gasteiger partial charge in [0.2, 0.25) is 0 Å². The van der Waals surface area contributed by atoms with Crippen LogP contribution in [0.15, 0.2) is 43.2 Å². The van der Waals surface area contributed by atoms with Crippen LogP contribution in [0.3, 0.4) is 0 Å².